The highest BCUT2D eigenvalue weighted by Gasteiger charge is 2.07. The number of nitrogens with two attached hydrogens (primary N) is 1. The molecule has 0 aliphatic carbocycles. The Labute approximate surface area is 167 Å². The van der Waals surface area contributed by atoms with Gasteiger partial charge in [-0.15, -0.1) is 0 Å². The normalized spacial score (nSPS) is 10.7. The molecule has 3 rings (SSSR count). The van der Waals surface area contributed by atoms with Gasteiger partial charge in [0.25, 0.3) is 11.8 Å². The van der Waals surface area contributed by atoms with Gasteiger partial charge in [-0.1, -0.05) is 0 Å². The van der Waals surface area contributed by atoms with E-state index in [1.807, 2.05) is 41.2 Å². The van der Waals surface area contributed by atoms with Crippen molar-refractivity contribution in [1.82, 2.24) is 9.99 Å². The van der Waals surface area contributed by atoms with Gasteiger partial charge in [-0.25, -0.2) is 5.43 Å². The number of aromatic nitrogens is 1. The number of benzene rings is 2. The van der Waals surface area contributed by atoms with Gasteiger partial charge in [0.1, 0.15) is 0 Å². The molecule has 3 N–H and O–H groups in total. The molecule has 1 heterocycles. The van der Waals surface area contributed by atoms with E-state index in [4.69, 9.17) is 15.2 Å². The SMILES string of the molecule is COc1cc(C=NNC(=O)c2ccc(-n3cccc3)cc2)ccc1OCC(N)=O. The van der Waals surface area contributed by atoms with Crippen LogP contribution in [0.3, 0.4) is 0 Å². The molecule has 2 aromatic carbocycles. The summed E-state index contributed by atoms with van der Waals surface area (Å²) in [4.78, 5) is 23.1. The van der Waals surface area contributed by atoms with Gasteiger partial charge in [-0.3, -0.25) is 9.59 Å². The Morgan fingerprint density at radius 3 is 2.48 bits per heavy atom. The topological polar surface area (TPSA) is 108 Å². The lowest BCUT2D eigenvalue weighted by molar-refractivity contribution is -0.119. The van der Waals surface area contributed by atoms with Gasteiger partial charge in [0.05, 0.1) is 13.3 Å². The van der Waals surface area contributed by atoms with Crippen LogP contribution in [-0.2, 0) is 4.79 Å². The van der Waals surface area contributed by atoms with Gasteiger partial charge in [0, 0.05) is 23.6 Å². The maximum Gasteiger partial charge on any atom is 0.271 e. The second-order valence-corrected chi connectivity index (χ2v) is 6.00. The molecule has 0 aliphatic rings. The minimum Gasteiger partial charge on any atom is -0.493 e. The first-order valence-corrected chi connectivity index (χ1v) is 8.73. The van der Waals surface area contributed by atoms with Crippen LogP contribution in [0.5, 0.6) is 11.5 Å². The van der Waals surface area contributed by atoms with Crippen LogP contribution in [0.2, 0.25) is 0 Å². The fraction of sp³-hybridized carbons (Fsp3) is 0.0952. The molecule has 148 valence electrons. The molecule has 1 aromatic heterocycles. The van der Waals surface area contributed by atoms with E-state index in [1.54, 1.807) is 30.3 Å². The molecule has 0 bridgehead atoms. The van der Waals surface area contributed by atoms with Crippen LogP contribution < -0.4 is 20.6 Å². The summed E-state index contributed by atoms with van der Waals surface area (Å²) in [6.45, 7) is -0.247. The number of carbonyl (C=O) groups excluding carboxylic acids is 2. The van der Waals surface area contributed by atoms with Crippen LogP contribution >= 0.6 is 0 Å². The van der Waals surface area contributed by atoms with E-state index in [0.29, 0.717) is 22.6 Å². The van der Waals surface area contributed by atoms with E-state index < -0.39 is 5.91 Å². The third-order valence-electron chi connectivity index (χ3n) is 3.97. The minimum atomic E-state index is -0.582. The summed E-state index contributed by atoms with van der Waals surface area (Å²) in [5.41, 5.74) is 9.68. The fourth-order valence-electron chi connectivity index (χ4n) is 2.55. The average Bonchev–Trinajstić information content (AvgIpc) is 3.27. The molecule has 0 fully saturated rings. The summed E-state index contributed by atoms with van der Waals surface area (Å²) in [5.74, 6) is -0.104. The Hall–Kier alpha value is -4.07. The molecule has 29 heavy (non-hydrogen) atoms. The van der Waals surface area contributed by atoms with Crippen LogP contribution in [0.1, 0.15) is 15.9 Å². The second kappa shape index (κ2) is 9.23. The number of hydrazone groups is 1. The van der Waals surface area contributed by atoms with Gasteiger partial charge in [-0.05, 0) is 60.2 Å². The maximum absolute atomic E-state index is 12.2. The van der Waals surface area contributed by atoms with Crippen LogP contribution in [0.25, 0.3) is 5.69 Å². The van der Waals surface area contributed by atoms with Crippen molar-refractivity contribution in [2.75, 3.05) is 13.7 Å². The van der Waals surface area contributed by atoms with Crippen molar-refractivity contribution in [3.63, 3.8) is 0 Å². The summed E-state index contributed by atoms with van der Waals surface area (Å²) < 4.78 is 12.4. The highest BCUT2D eigenvalue weighted by Crippen LogP contribution is 2.27. The Morgan fingerprint density at radius 2 is 1.83 bits per heavy atom. The first-order valence-electron chi connectivity index (χ1n) is 8.73. The monoisotopic (exact) mass is 392 g/mol. The molecule has 0 aliphatic heterocycles. The fourth-order valence-corrected chi connectivity index (χ4v) is 2.55. The molecule has 2 amide bonds. The third-order valence-corrected chi connectivity index (χ3v) is 3.97. The molecular formula is C21H20N4O4. The van der Waals surface area contributed by atoms with E-state index in [-0.39, 0.29) is 12.5 Å². The molecule has 0 atom stereocenters. The Balaban J connectivity index is 1.61. The number of hydrogen-bond acceptors (Lipinski definition) is 5. The number of hydrogen-bond donors (Lipinski definition) is 2. The highest BCUT2D eigenvalue weighted by atomic mass is 16.5. The molecule has 0 radical (unpaired) electrons. The number of amides is 2. The lowest BCUT2D eigenvalue weighted by atomic mass is 10.2. The lowest BCUT2D eigenvalue weighted by Crippen LogP contribution is -2.20. The van der Waals surface area contributed by atoms with Crippen molar-refractivity contribution in [2.45, 2.75) is 0 Å². The summed E-state index contributed by atoms with van der Waals surface area (Å²) in [7, 11) is 1.48. The van der Waals surface area contributed by atoms with Crippen molar-refractivity contribution in [2.24, 2.45) is 10.8 Å². The molecule has 3 aromatic rings. The standard InChI is InChI=1S/C21H20N4O4/c1-28-19-12-15(4-9-18(19)29-14-20(22)26)13-23-24-21(27)16-5-7-17(8-6-16)25-10-2-3-11-25/h2-13H,14H2,1H3,(H2,22,26)(H,24,27). The summed E-state index contributed by atoms with van der Waals surface area (Å²) in [5, 5.41) is 3.97. The van der Waals surface area contributed by atoms with Crippen LogP contribution in [-0.4, -0.2) is 36.3 Å². The quantitative estimate of drug-likeness (QED) is 0.452. The van der Waals surface area contributed by atoms with Crippen molar-refractivity contribution in [3.05, 3.63) is 78.1 Å². The van der Waals surface area contributed by atoms with E-state index in [1.165, 1.54) is 13.3 Å². The number of nitrogens with zero attached hydrogens (tertiary/aromatic N) is 2. The number of rotatable bonds is 8. The molecule has 0 saturated heterocycles. The second-order valence-electron chi connectivity index (χ2n) is 6.00. The number of nitrogens with one attached hydrogen (secondary N) is 1. The van der Waals surface area contributed by atoms with E-state index in [9.17, 15) is 9.59 Å². The molecule has 8 nitrogen and oxygen atoms in total. The van der Waals surface area contributed by atoms with Gasteiger partial charge in [0.2, 0.25) is 0 Å². The van der Waals surface area contributed by atoms with Crippen LogP contribution in [0.4, 0.5) is 0 Å². The van der Waals surface area contributed by atoms with Gasteiger partial charge >= 0.3 is 0 Å². The maximum atomic E-state index is 12.2. The first-order chi connectivity index (χ1) is 14.1. The van der Waals surface area contributed by atoms with Crippen LogP contribution in [0.15, 0.2) is 72.1 Å². The largest absolute Gasteiger partial charge is 0.493 e. The summed E-state index contributed by atoms with van der Waals surface area (Å²) in [6, 6.07) is 16.0. The average molecular weight is 392 g/mol. The van der Waals surface area contributed by atoms with Crippen molar-refractivity contribution >= 4 is 18.0 Å². The first kappa shape index (κ1) is 19.7. The number of ether oxygens (including phenoxy) is 2. The predicted octanol–water partition coefficient (Wildman–Crippen LogP) is 2.11. The van der Waals surface area contributed by atoms with E-state index in [0.717, 1.165) is 5.69 Å². The van der Waals surface area contributed by atoms with Gasteiger partial charge < -0.3 is 19.8 Å². The molecule has 0 unspecified atom stereocenters. The predicted molar refractivity (Wildman–Crippen MR) is 109 cm³/mol. The summed E-state index contributed by atoms with van der Waals surface area (Å²) >= 11 is 0. The summed E-state index contributed by atoms with van der Waals surface area (Å²) in [6.07, 6.45) is 5.34. The molecular weight excluding hydrogens is 372 g/mol. The van der Waals surface area contributed by atoms with E-state index in [2.05, 4.69) is 10.5 Å². The van der Waals surface area contributed by atoms with Gasteiger partial charge in [0.15, 0.2) is 18.1 Å². The zero-order chi connectivity index (χ0) is 20.6. The Morgan fingerprint density at radius 1 is 1.10 bits per heavy atom. The molecule has 0 spiro atoms. The van der Waals surface area contributed by atoms with Crippen molar-refractivity contribution in [1.29, 1.82) is 0 Å². The zero-order valence-electron chi connectivity index (χ0n) is 15.7. The highest BCUT2D eigenvalue weighted by molar-refractivity contribution is 5.95. The minimum absolute atomic E-state index is 0.247. The number of primary amides is 1. The van der Waals surface area contributed by atoms with Crippen molar-refractivity contribution in [3.8, 4) is 17.2 Å². The van der Waals surface area contributed by atoms with Crippen LogP contribution in [0, 0.1) is 0 Å². The Bertz CT molecular complexity index is 1010. The lowest BCUT2D eigenvalue weighted by Gasteiger charge is -2.09. The third kappa shape index (κ3) is 5.23. The smallest absolute Gasteiger partial charge is 0.271 e. The Kier molecular flexibility index (Phi) is 6.26. The van der Waals surface area contributed by atoms with Crippen molar-refractivity contribution < 1.29 is 19.1 Å². The van der Waals surface area contributed by atoms with E-state index >= 15 is 0 Å². The number of methoxy groups -OCH3 is 1. The molecule has 8 heteroatoms. The molecule has 0 saturated carbocycles. The van der Waals surface area contributed by atoms with Gasteiger partial charge in [-0.2, -0.15) is 5.10 Å². The number of carbonyl (C=O) groups is 2. The zero-order valence-corrected chi connectivity index (χ0v) is 15.7.